The van der Waals surface area contributed by atoms with Gasteiger partial charge in [-0.25, -0.2) is 4.98 Å². The molecule has 3 heterocycles. The van der Waals surface area contributed by atoms with Crippen LogP contribution in [0.5, 0.6) is 0 Å². The highest BCUT2D eigenvalue weighted by atomic mass is 15.2. The van der Waals surface area contributed by atoms with E-state index in [1.54, 1.807) is 0 Å². The van der Waals surface area contributed by atoms with Gasteiger partial charge in [0.15, 0.2) is 11.6 Å². The highest BCUT2D eigenvalue weighted by Crippen LogP contribution is 2.43. The molecule has 0 bridgehead atoms. The van der Waals surface area contributed by atoms with Crippen LogP contribution in [0.4, 0.5) is 0 Å². The number of benzene rings is 9. The molecule has 12 rings (SSSR count). The van der Waals surface area contributed by atoms with E-state index in [0.717, 1.165) is 82.9 Å². The molecule has 3 aromatic heterocycles. The maximum Gasteiger partial charge on any atom is 0.238 e. The van der Waals surface area contributed by atoms with Gasteiger partial charge in [-0.05, 0) is 52.1 Å². The van der Waals surface area contributed by atoms with Gasteiger partial charge in [-0.1, -0.05) is 200 Å². The Bertz CT molecular complexity index is 3620. The minimum atomic E-state index is 0.550. The van der Waals surface area contributed by atoms with Gasteiger partial charge >= 0.3 is 0 Å². The average Bonchev–Trinajstić information content (AvgIpc) is 3.88. The molecule has 5 heteroatoms. The van der Waals surface area contributed by atoms with Gasteiger partial charge in [-0.2, -0.15) is 9.97 Å². The Morgan fingerprint density at radius 2 is 0.758 bits per heavy atom. The number of hydrogen-bond acceptors (Lipinski definition) is 3. The summed E-state index contributed by atoms with van der Waals surface area (Å²) < 4.78 is 4.71. The molecule has 0 N–H and O–H groups in total. The van der Waals surface area contributed by atoms with Crippen molar-refractivity contribution in [1.82, 2.24) is 24.1 Å². The fourth-order valence-corrected chi connectivity index (χ4v) is 9.22. The predicted octanol–water partition coefficient (Wildman–Crippen LogP) is 14.4. The Morgan fingerprint density at radius 1 is 0.274 bits per heavy atom. The highest BCUT2D eigenvalue weighted by molar-refractivity contribution is 6.24. The van der Waals surface area contributed by atoms with E-state index in [2.05, 4.69) is 215 Å². The summed E-state index contributed by atoms with van der Waals surface area (Å²) in [6.07, 6.45) is 0. The Labute approximate surface area is 358 Å². The molecular weight excluding hydrogens is 755 g/mol. The van der Waals surface area contributed by atoms with Crippen LogP contribution >= 0.6 is 0 Å². The summed E-state index contributed by atoms with van der Waals surface area (Å²) >= 11 is 0. The lowest BCUT2D eigenvalue weighted by Crippen LogP contribution is -2.07. The first kappa shape index (κ1) is 35.5. The van der Waals surface area contributed by atoms with Gasteiger partial charge in [0.05, 0.1) is 27.8 Å². The quantitative estimate of drug-likeness (QED) is 0.162. The molecule has 12 aromatic rings. The van der Waals surface area contributed by atoms with Crippen LogP contribution in [-0.2, 0) is 0 Å². The molecule has 0 unspecified atom stereocenters. The smallest absolute Gasteiger partial charge is 0.238 e. The molecule has 290 valence electrons. The molecule has 0 aliphatic heterocycles. The molecule has 0 saturated carbocycles. The molecule has 9 aromatic carbocycles. The zero-order valence-corrected chi connectivity index (χ0v) is 33.6. The first-order valence-corrected chi connectivity index (χ1v) is 21.0. The minimum absolute atomic E-state index is 0.550. The van der Waals surface area contributed by atoms with Gasteiger partial charge in [0, 0.05) is 38.2 Å². The van der Waals surface area contributed by atoms with Gasteiger partial charge in [0.2, 0.25) is 5.95 Å². The SMILES string of the molecule is c1ccc(-c2cccc(-c3ccccc3-c3nc(-c4ccccc4)nc(-n4c5ccccc5c5ccc6c7ccccc7n(-c7ccccc7-c7ccccc7)c6c54)n3)c2)cc1. The Balaban J connectivity index is 1.18. The van der Waals surface area contributed by atoms with E-state index in [0.29, 0.717) is 17.6 Å². The summed E-state index contributed by atoms with van der Waals surface area (Å²) in [5.41, 5.74) is 14.0. The molecule has 0 aliphatic rings. The summed E-state index contributed by atoms with van der Waals surface area (Å²) in [5, 5.41) is 4.58. The summed E-state index contributed by atoms with van der Waals surface area (Å²) in [4.78, 5) is 16.2. The van der Waals surface area contributed by atoms with Crippen LogP contribution in [0.2, 0.25) is 0 Å². The van der Waals surface area contributed by atoms with Crippen LogP contribution < -0.4 is 0 Å². The first-order chi connectivity index (χ1) is 30.8. The van der Waals surface area contributed by atoms with Crippen LogP contribution in [0.25, 0.3) is 111 Å². The van der Waals surface area contributed by atoms with Crippen molar-refractivity contribution in [2.45, 2.75) is 0 Å². The molecule has 0 saturated heterocycles. The lowest BCUT2D eigenvalue weighted by Gasteiger charge is -2.16. The molecule has 0 amide bonds. The van der Waals surface area contributed by atoms with E-state index >= 15 is 0 Å². The van der Waals surface area contributed by atoms with Gasteiger partial charge in [0.1, 0.15) is 0 Å². The summed E-state index contributed by atoms with van der Waals surface area (Å²) in [7, 11) is 0. The van der Waals surface area contributed by atoms with Crippen LogP contribution in [0, 0.1) is 0 Å². The zero-order chi connectivity index (χ0) is 41.0. The zero-order valence-electron chi connectivity index (χ0n) is 33.6. The van der Waals surface area contributed by atoms with Crippen molar-refractivity contribution >= 4 is 43.6 Å². The van der Waals surface area contributed by atoms with Crippen molar-refractivity contribution in [3.8, 4) is 67.8 Å². The van der Waals surface area contributed by atoms with Crippen molar-refractivity contribution in [2.24, 2.45) is 0 Å². The second-order valence-electron chi connectivity index (χ2n) is 15.6. The van der Waals surface area contributed by atoms with Crippen molar-refractivity contribution in [3.05, 3.63) is 224 Å². The minimum Gasteiger partial charge on any atom is -0.307 e. The molecule has 0 spiro atoms. The van der Waals surface area contributed by atoms with Gasteiger partial charge in [-0.3, -0.25) is 4.57 Å². The van der Waals surface area contributed by atoms with Crippen molar-refractivity contribution in [1.29, 1.82) is 0 Å². The van der Waals surface area contributed by atoms with Gasteiger partial charge < -0.3 is 4.57 Å². The molecule has 0 atom stereocenters. The maximum atomic E-state index is 5.50. The van der Waals surface area contributed by atoms with Crippen molar-refractivity contribution < 1.29 is 0 Å². The molecule has 5 nitrogen and oxygen atoms in total. The first-order valence-electron chi connectivity index (χ1n) is 21.0. The Kier molecular flexibility index (Phi) is 8.42. The van der Waals surface area contributed by atoms with E-state index in [4.69, 9.17) is 15.0 Å². The van der Waals surface area contributed by atoms with Gasteiger partial charge in [-0.15, -0.1) is 0 Å². The van der Waals surface area contributed by atoms with Crippen LogP contribution in [-0.4, -0.2) is 24.1 Å². The Hall–Kier alpha value is -8.41. The summed E-state index contributed by atoms with van der Waals surface area (Å²) in [6, 6.07) is 79.2. The Morgan fingerprint density at radius 3 is 1.45 bits per heavy atom. The topological polar surface area (TPSA) is 48.5 Å². The molecular formula is C57H37N5. The van der Waals surface area contributed by atoms with E-state index in [1.165, 1.54) is 10.9 Å². The van der Waals surface area contributed by atoms with Crippen LogP contribution in [0.15, 0.2) is 224 Å². The van der Waals surface area contributed by atoms with Crippen molar-refractivity contribution in [2.75, 3.05) is 0 Å². The standard InChI is InChI=1S/C57H37N5/c1-4-19-38(20-5-1)41-25-18-26-42(37-41)43-27-10-11-31-49(43)56-58-55(40-23-8-3-9-24-40)59-57(60-56)62-52-34-17-14-30-46(52)48-36-35-47-45-29-13-16-33-51(45)61(53(47)54(48)62)50-32-15-12-28-44(50)39-21-6-2-7-22-39/h1-37H. The normalized spacial score (nSPS) is 11.5. The predicted molar refractivity (Wildman–Crippen MR) is 256 cm³/mol. The van der Waals surface area contributed by atoms with Crippen LogP contribution in [0.3, 0.4) is 0 Å². The third-order valence-corrected chi connectivity index (χ3v) is 12.0. The fourth-order valence-electron chi connectivity index (χ4n) is 9.22. The summed E-state index contributed by atoms with van der Waals surface area (Å²) in [5.74, 6) is 1.75. The maximum absolute atomic E-state index is 5.50. The van der Waals surface area contributed by atoms with E-state index in [9.17, 15) is 0 Å². The second-order valence-corrected chi connectivity index (χ2v) is 15.6. The number of fused-ring (bicyclic) bond motifs is 7. The lowest BCUT2D eigenvalue weighted by molar-refractivity contribution is 0.953. The molecule has 0 radical (unpaired) electrons. The third-order valence-electron chi connectivity index (χ3n) is 12.0. The van der Waals surface area contributed by atoms with E-state index < -0.39 is 0 Å². The monoisotopic (exact) mass is 791 g/mol. The molecule has 0 aliphatic carbocycles. The largest absolute Gasteiger partial charge is 0.307 e. The van der Waals surface area contributed by atoms with Crippen molar-refractivity contribution in [3.63, 3.8) is 0 Å². The second kappa shape index (κ2) is 14.7. The van der Waals surface area contributed by atoms with Gasteiger partial charge in [0.25, 0.3) is 0 Å². The number of nitrogens with zero attached hydrogens (tertiary/aromatic N) is 5. The number of aromatic nitrogens is 5. The molecule has 62 heavy (non-hydrogen) atoms. The average molecular weight is 792 g/mol. The number of rotatable bonds is 7. The van der Waals surface area contributed by atoms with Crippen LogP contribution in [0.1, 0.15) is 0 Å². The summed E-state index contributed by atoms with van der Waals surface area (Å²) in [6.45, 7) is 0. The molecule has 0 fully saturated rings. The number of para-hydroxylation sites is 3. The number of hydrogen-bond donors (Lipinski definition) is 0. The lowest BCUT2D eigenvalue weighted by atomic mass is 9.95. The fraction of sp³-hybridized carbons (Fsp3) is 0. The third kappa shape index (κ3) is 5.82. The highest BCUT2D eigenvalue weighted by Gasteiger charge is 2.25. The van der Waals surface area contributed by atoms with E-state index in [-0.39, 0.29) is 0 Å². The van der Waals surface area contributed by atoms with E-state index in [1.807, 2.05) is 18.2 Å².